The van der Waals surface area contributed by atoms with E-state index in [4.69, 9.17) is 9.84 Å². The van der Waals surface area contributed by atoms with Crippen molar-refractivity contribution in [1.29, 1.82) is 0 Å². The van der Waals surface area contributed by atoms with Crippen molar-refractivity contribution in [2.75, 3.05) is 6.61 Å². The minimum Gasteiger partial charge on any atom is -0.481 e. The molecule has 0 spiro atoms. The van der Waals surface area contributed by atoms with Gasteiger partial charge < -0.3 is 9.84 Å². The molecule has 120 valence electrons. The third-order valence-electron chi connectivity index (χ3n) is 4.31. The molecule has 0 radical (unpaired) electrons. The van der Waals surface area contributed by atoms with Crippen molar-refractivity contribution in [3.63, 3.8) is 0 Å². The average Bonchev–Trinajstić information content (AvgIpc) is 2.99. The summed E-state index contributed by atoms with van der Waals surface area (Å²) >= 11 is 0. The molecule has 2 unspecified atom stereocenters. The minimum absolute atomic E-state index is 0.243. The van der Waals surface area contributed by atoms with Crippen LogP contribution >= 0.6 is 0 Å². The van der Waals surface area contributed by atoms with Crippen LogP contribution in [-0.2, 0) is 27.2 Å². The van der Waals surface area contributed by atoms with Gasteiger partial charge in [0.05, 0.1) is 18.4 Å². The SMILES string of the molecule is CCCc1ccc(CCOC(=O)C2CCC(C(=O)O)C2)cc1. The highest BCUT2D eigenvalue weighted by Gasteiger charge is 2.34. The van der Waals surface area contributed by atoms with Gasteiger partial charge in [0.15, 0.2) is 0 Å². The van der Waals surface area contributed by atoms with Crippen molar-refractivity contribution in [3.8, 4) is 0 Å². The summed E-state index contributed by atoms with van der Waals surface area (Å²) in [6, 6.07) is 8.40. The van der Waals surface area contributed by atoms with Gasteiger partial charge in [-0.1, -0.05) is 37.6 Å². The van der Waals surface area contributed by atoms with Crippen LogP contribution in [0.4, 0.5) is 0 Å². The standard InChI is InChI=1S/C18H24O4/c1-2-3-13-4-6-14(7-5-13)10-11-22-18(21)16-9-8-15(12-16)17(19)20/h4-7,15-16H,2-3,8-12H2,1H3,(H,19,20). The molecule has 0 bridgehead atoms. The van der Waals surface area contributed by atoms with Crippen molar-refractivity contribution in [1.82, 2.24) is 0 Å². The van der Waals surface area contributed by atoms with Crippen LogP contribution in [-0.4, -0.2) is 23.7 Å². The van der Waals surface area contributed by atoms with Gasteiger partial charge in [-0.15, -0.1) is 0 Å². The summed E-state index contributed by atoms with van der Waals surface area (Å²) < 4.78 is 5.30. The first-order valence-corrected chi connectivity index (χ1v) is 8.07. The molecule has 1 aromatic carbocycles. The molecule has 1 saturated carbocycles. The van der Waals surface area contributed by atoms with Crippen LogP contribution in [0, 0.1) is 11.8 Å². The van der Waals surface area contributed by atoms with Crippen molar-refractivity contribution in [2.24, 2.45) is 11.8 Å². The highest BCUT2D eigenvalue weighted by molar-refractivity contribution is 5.76. The van der Waals surface area contributed by atoms with Crippen LogP contribution in [0.3, 0.4) is 0 Å². The minimum atomic E-state index is -0.803. The van der Waals surface area contributed by atoms with Gasteiger partial charge in [-0.05, 0) is 36.8 Å². The van der Waals surface area contributed by atoms with Crippen LogP contribution in [0.15, 0.2) is 24.3 Å². The number of hydrogen-bond acceptors (Lipinski definition) is 3. The van der Waals surface area contributed by atoms with Crippen LogP contribution in [0.1, 0.15) is 43.7 Å². The molecule has 0 aromatic heterocycles. The third kappa shape index (κ3) is 4.58. The Balaban J connectivity index is 1.72. The van der Waals surface area contributed by atoms with Gasteiger partial charge in [-0.25, -0.2) is 0 Å². The molecule has 1 aliphatic rings. The van der Waals surface area contributed by atoms with Crippen LogP contribution < -0.4 is 0 Å². The smallest absolute Gasteiger partial charge is 0.308 e. The predicted octanol–water partition coefficient (Wildman–Crippen LogP) is 3.23. The third-order valence-corrected chi connectivity index (χ3v) is 4.31. The quantitative estimate of drug-likeness (QED) is 0.786. The van der Waals surface area contributed by atoms with Crippen molar-refractivity contribution in [2.45, 2.75) is 45.4 Å². The number of carbonyl (C=O) groups excluding carboxylic acids is 1. The zero-order valence-electron chi connectivity index (χ0n) is 13.1. The Morgan fingerprint density at radius 3 is 2.23 bits per heavy atom. The van der Waals surface area contributed by atoms with Crippen molar-refractivity contribution < 1.29 is 19.4 Å². The molecule has 4 nitrogen and oxygen atoms in total. The summed E-state index contributed by atoms with van der Waals surface area (Å²) in [5, 5.41) is 8.95. The zero-order chi connectivity index (χ0) is 15.9. The van der Waals surface area contributed by atoms with E-state index in [2.05, 4.69) is 31.2 Å². The number of aliphatic carboxylic acids is 1. The lowest BCUT2D eigenvalue weighted by Gasteiger charge is -2.10. The van der Waals surface area contributed by atoms with Crippen molar-refractivity contribution >= 4 is 11.9 Å². The first kappa shape index (κ1) is 16.5. The molecular formula is C18H24O4. The number of hydrogen-bond donors (Lipinski definition) is 1. The summed E-state index contributed by atoms with van der Waals surface area (Å²) in [5.41, 5.74) is 2.48. The molecule has 2 atom stereocenters. The first-order valence-electron chi connectivity index (χ1n) is 8.07. The lowest BCUT2D eigenvalue weighted by atomic mass is 10.1. The fourth-order valence-corrected chi connectivity index (χ4v) is 2.97. The number of esters is 1. The Morgan fingerprint density at radius 1 is 1.09 bits per heavy atom. The number of aryl methyl sites for hydroxylation is 1. The molecule has 0 heterocycles. The Kier molecular flexibility index (Phi) is 5.99. The summed E-state index contributed by atoms with van der Waals surface area (Å²) in [6.07, 6.45) is 4.54. The predicted molar refractivity (Wildman–Crippen MR) is 83.6 cm³/mol. The number of ether oxygens (including phenoxy) is 1. The largest absolute Gasteiger partial charge is 0.481 e. The van der Waals surface area contributed by atoms with E-state index >= 15 is 0 Å². The van der Waals surface area contributed by atoms with E-state index < -0.39 is 5.97 Å². The fourth-order valence-electron chi connectivity index (χ4n) is 2.97. The van der Waals surface area contributed by atoms with Gasteiger partial charge in [-0.2, -0.15) is 0 Å². The first-order chi connectivity index (χ1) is 10.6. The highest BCUT2D eigenvalue weighted by atomic mass is 16.5. The molecular weight excluding hydrogens is 280 g/mol. The summed E-state index contributed by atoms with van der Waals surface area (Å²) in [4.78, 5) is 22.8. The number of carboxylic acid groups (broad SMARTS) is 1. The summed E-state index contributed by atoms with van der Waals surface area (Å²) in [7, 11) is 0. The van der Waals surface area contributed by atoms with Crippen LogP contribution in [0.5, 0.6) is 0 Å². The van der Waals surface area contributed by atoms with Gasteiger partial charge >= 0.3 is 11.9 Å². The maximum Gasteiger partial charge on any atom is 0.308 e. The van der Waals surface area contributed by atoms with E-state index in [1.807, 2.05) is 0 Å². The lowest BCUT2D eigenvalue weighted by molar-refractivity contribution is -0.148. The molecule has 0 aliphatic heterocycles. The van der Waals surface area contributed by atoms with E-state index in [9.17, 15) is 9.59 Å². The maximum absolute atomic E-state index is 11.9. The monoisotopic (exact) mass is 304 g/mol. The summed E-state index contributed by atoms with van der Waals surface area (Å²) in [6.45, 7) is 2.52. The second kappa shape index (κ2) is 7.97. The normalized spacial score (nSPS) is 20.8. The second-order valence-corrected chi connectivity index (χ2v) is 6.03. The zero-order valence-corrected chi connectivity index (χ0v) is 13.1. The second-order valence-electron chi connectivity index (χ2n) is 6.03. The Bertz CT molecular complexity index is 506. The van der Waals surface area contributed by atoms with Gasteiger partial charge in [-0.3, -0.25) is 9.59 Å². The van der Waals surface area contributed by atoms with Crippen LogP contribution in [0.2, 0.25) is 0 Å². The Hall–Kier alpha value is -1.84. The molecule has 1 aliphatic carbocycles. The fraction of sp³-hybridized carbons (Fsp3) is 0.556. The topological polar surface area (TPSA) is 63.6 Å². The molecule has 22 heavy (non-hydrogen) atoms. The van der Waals surface area contributed by atoms with Crippen LogP contribution in [0.25, 0.3) is 0 Å². The molecule has 1 aromatic rings. The Morgan fingerprint density at radius 2 is 1.68 bits per heavy atom. The molecule has 0 amide bonds. The van der Waals surface area contributed by atoms with Gasteiger partial charge in [0.25, 0.3) is 0 Å². The van der Waals surface area contributed by atoms with E-state index in [0.717, 1.165) is 18.4 Å². The lowest BCUT2D eigenvalue weighted by Crippen LogP contribution is -2.18. The van der Waals surface area contributed by atoms with E-state index in [0.29, 0.717) is 32.3 Å². The van der Waals surface area contributed by atoms with E-state index in [1.54, 1.807) is 0 Å². The molecule has 0 saturated heterocycles. The average molecular weight is 304 g/mol. The van der Waals surface area contributed by atoms with Gasteiger partial charge in [0.2, 0.25) is 0 Å². The Labute approximate surface area is 131 Å². The highest BCUT2D eigenvalue weighted by Crippen LogP contribution is 2.31. The molecule has 1 N–H and O–H groups in total. The van der Waals surface area contributed by atoms with Crippen molar-refractivity contribution in [3.05, 3.63) is 35.4 Å². The van der Waals surface area contributed by atoms with E-state index in [-0.39, 0.29) is 17.8 Å². The maximum atomic E-state index is 11.9. The number of carbonyl (C=O) groups is 2. The summed E-state index contributed by atoms with van der Waals surface area (Å²) in [5.74, 6) is -1.68. The van der Waals surface area contributed by atoms with E-state index in [1.165, 1.54) is 5.56 Å². The molecule has 1 fully saturated rings. The number of benzene rings is 1. The number of rotatable bonds is 7. The molecule has 4 heteroatoms. The van der Waals surface area contributed by atoms with Gasteiger partial charge in [0, 0.05) is 6.42 Å². The van der Waals surface area contributed by atoms with Gasteiger partial charge in [0.1, 0.15) is 0 Å². The number of carboxylic acids is 1. The molecule has 2 rings (SSSR count).